The Labute approximate surface area is 210 Å². The first-order chi connectivity index (χ1) is 16.6. The topological polar surface area (TPSA) is 61.9 Å². The van der Waals surface area contributed by atoms with Gasteiger partial charge in [-0.3, -0.25) is 19.8 Å². The van der Waals surface area contributed by atoms with Crippen LogP contribution in [0.2, 0.25) is 0 Å². The molecule has 182 valence electrons. The van der Waals surface area contributed by atoms with Gasteiger partial charge in [0.1, 0.15) is 17.1 Å². The quantitative estimate of drug-likeness (QED) is 0.358. The normalized spacial score (nSPS) is 18.4. The zero-order chi connectivity index (χ0) is 25.5. The van der Waals surface area contributed by atoms with Crippen LogP contribution in [-0.4, -0.2) is 35.6 Å². The van der Waals surface area contributed by atoms with E-state index in [2.05, 4.69) is 30.1 Å². The van der Waals surface area contributed by atoms with Crippen molar-refractivity contribution in [1.29, 1.82) is 0 Å². The summed E-state index contributed by atoms with van der Waals surface area (Å²) in [7, 11) is 0. The molecule has 2 heterocycles. The van der Waals surface area contributed by atoms with E-state index in [1.807, 2.05) is 20.8 Å². The molecule has 4 rings (SSSR count). The molecule has 1 saturated heterocycles. The van der Waals surface area contributed by atoms with E-state index in [0.717, 1.165) is 16.8 Å². The fourth-order valence-corrected chi connectivity index (χ4v) is 4.99. The molecule has 6 nitrogen and oxygen atoms in total. The van der Waals surface area contributed by atoms with E-state index in [4.69, 9.17) is 17.0 Å². The van der Waals surface area contributed by atoms with E-state index in [0.29, 0.717) is 24.6 Å². The zero-order valence-corrected chi connectivity index (χ0v) is 21.3. The average Bonchev–Trinajstić information content (AvgIpc) is 2.78. The molecular weight excluding hydrogens is 465 g/mol. The minimum absolute atomic E-state index is 0.0354. The number of carbonyl (C=O) groups excluding carboxylic acids is 2. The first-order valence-corrected chi connectivity index (χ1v) is 11.9. The number of nitrogens with one attached hydrogen (secondary N) is 1. The number of ether oxygens (including phenoxy) is 1. The van der Waals surface area contributed by atoms with Gasteiger partial charge in [-0.1, -0.05) is 6.08 Å². The number of benzene rings is 2. The first-order valence-electron chi connectivity index (χ1n) is 11.5. The van der Waals surface area contributed by atoms with Gasteiger partial charge in [-0.15, -0.1) is 0 Å². The Morgan fingerprint density at radius 2 is 1.83 bits per heavy atom. The van der Waals surface area contributed by atoms with Crippen LogP contribution in [0.5, 0.6) is 5.75 Å². The molecule has 1 N–H and O–H groups in total. The van der Waals surface area contributed by atoms with Crippen LogP contribution in [0.25, 0.3) is 11.6 Å². The van der Waals surface area contributed by atoms with Crippen molar-refractivity contribution in [1.82, 2.24) is 5.32 Å². The van der Waals surface area contributed by atoms with Gasteiger partial charge in [-0.2, -0.15) is 0 Å². The Bertz CT molecular complexity index is 1280. The highest BCUT2D eigenvalue weighted by Crippen LogP contribution is 2.40. The molecule has 0 bridgehead atoms. The van der Waals surface area contributed by atoms with Crippen molar-refractivity contribution in [2.24, 2.45) is 0 Å². The Morgan fingerprint density at radius 3 is 2.46 bits per heavy atom. The number of carbonyl (C=O) groups is 2. The maximum atomic E-state index is 15.3. The van der Waals surface area contributed by atoms with Crippen LogP contribution < -0.4 is 19.9 Å². The van der Waals surface area contributed by atoms with Gasteiger partial charge >= 0.3 is 0 Å². The van der Waals surface area contributed by atoms with Crippen LogP contribution >= 0.6 is 12.2 Å². The number of thiocarbonyl (C=S) groups is 1. The maximum Gasteiger partial charge on any atom is 0.270 e. The first kappa shape index (κ1) is 24.6. The van der Waals surface area contributed by atoms with E-state index in [9.17, 15) is 9.59 Å². The summed E-state index contributed by atoms with van der Waals surface area (Å²) in [5, 5.41) is 2.51. The fraction of sp³-hybridized carbons (Fsp3) is 0.296. The van der Waals surface area contributed by atoms with Gasteiger partial charge in [0.15, 0.2) is 5.11 Å². The molecule has 1 fully saturated rings. The van der Waals surface area contributed by atoms with Crippen LogP contribution in [0.1, 0.15) is 45.7 Å². The summed E-state index contributed by atoms with van der Waals surface area (Å²) in [6.07, 6.45) is 3.43. The molecule has 0 radical (unpaired) electrons. The third-order valence-corrected chi connectivity index (χ3v) is 6.50. The van der Waals surface area contributed by atoms with Crippen LogP contribution in [0.15, 0.2) is 48.0 Å². The summed E-state index contributed by atoms with van der Waals surface area (Å²) in [5.41, 5.74) is 2.83. The number of fused-ring (bicyclic) bond motifs is 1. The molecule has 0 aromatic heterocycles. The zero-order valence-electron chi connectivity index (χ0n) is 20.4. The summed E-state index contributed by atoms with van der Waals surface area (Å²) in [6.45, 7) is 11.3. The lowest BCUT2D eigenvalue weighted by atomic mass is 9.87. The van der Waals surface area contributed by atoms with Crippen molar-refractivity contribution >= 4 is 52.2 Å². The monoisotopic (exact) mass is 493 g/mol. The molecular formula is C27H28FN3O3S. The number of nitrogens with zero attached hydrogens (tertiary/aromatic N) is 2. The Balaban J connectivity index is 1.75. The van der Waals surface area contributed by atoms with E-state index in [1.54, 1.807) is 30.3 Å². The molecule has 35 heavy (non-hydrogen) atoms. The van der Waals surface area contributed by atoms with Gasteiger partial charge in [-0.25, -0.2) is 4.39 Å². The summed E-state index contributed by atoms with van der Waals surface area (Å²) in [4.78, 5) is 29.4. The highest BCUT2D eigenvalue weighted by atomic mass is 32.1. The number of hydrogen-bond donors (Lipinski definition) is 1. The number of allylic oxidation sites excluding steroid dienone is 1. The van der Waals surface area contributed by atoms with Crippen molar-refractivity contribution < 1.29 is 18.7 Å². The number of halogens is 1. The third kappa shape index (κ3) is 4.46. The summed E-state index contributed by atoms with van der Waals surface area (Å²) >= 11 is 5.26. The molecule has 0 spiro atoms. The number of hydrogen-bond acceptors (Lipinski definition) is 5. The lowest BCUT2D eigenvalue weighted by molar-refractivity contribution is -0.122. The van der Waals surface area contributed by atoms with Crippen LogP contribution in [0.4, 0.5) is 15.8 Å². The molecule has 2 aromatic rings. The Hall–Kier alpha value is -3.52. The van der Waals surface area contributed by atoms with Gasteiger partial charge in [-0.05, 0) is 94.9 Å². The van der Waals surface area contributed by atoms with Crippen LogP contribution in [-0.2, 0) is 9.59 Å². The summed E-state index contributed by atoms with van der Waals surface area (Å²) < 4.78 is 20.7. The SMILES string of the molecule is CCOc1ccc(N2C(=O)/C(=C\c3cc4c(cc3F)N(CC)C(C)(C)C=C4C)C(=O)NC2=S)cc1. The predicted octanol–water partition coefficient (Wildman–Crippen LogP) is 5.08. The standard InChI is InChI=1S/C27H28FN3O3S/c1-6-30-23-14-22(28)17(12-20(23)16(3)15-27(30,4)5)13-21-24(32)29-26(35)31(25(21)33)18-8-10-19(11-9-18)34-7-2/h8-15H,6-7H2,1-5H3,(H,29,32,35)/b21-13-. The van der Waals surface area contributed by atoms with E-state index in [1.165, 1.54) is 17.0 Å². The molecule has 2 aliphatic heterocycles. The molecule has 0 saturated carbocycles. The predicted molar refractivity (Wildman–Crippen MR) is 141 cm³/mol. The minimum Gasteiger partial charge on any atom is -0.494 e. The Kier molecular flexibility index (Phi) is 6.51. The number of likely N-dealkylation sites (N-methyl/N-ethyl adjacent to an activating group) is 1. The van der Waals surface area contributed by atoms with Gasteiger partial charge < -0.3 is 9.64 Å². The second kappa shape index (κ2) is 9.26. The second-order valence-corrected chi connectivity index (χ2v) is 9.39. The largest absolute Gasteiger partial charge is 0.494 e. The van der Waals surface area contributed by atoms with Crippen molar-refractivity contribution in [3.63, 3.8) is 0 Å². The van der Waals surface area contributed by atoms with Crippen LogP contribution in [0.3, 0.4) is 0 Å². The number of amides is 2. The molecule has 2 amide bonds. The lowest BCUT2D eigenvalue weighted by Gasteiger charge is -2.43. The Morgan fingerprint density at radius 1 is 1.14 bits per heavy atom. The fourth-order valence-electron chi connectivity index (χ4n) is 4.71. The highest BCUT2D eigenvalue weighted by Gasteiger charge is 2.35. The van der Waals surface area contributed by atoms with E-state index in [-0.39, 0.29) is 21.8 Å². The molecule has 0 atom stereocenters. The van der Waals surface area contributed by atoms with Crippen molar-refractivity contribution in [3.05, 3.63) is 65.0 Å². The van der Waals surface area contributed by atoms with Gasteiger partial charge in [0.25, 0.3) is 11.8 Å². The smallest absolute Gasteiger partial charge is 0.270 e. The minimum atomic E-state index is -0.664. The average molecular weight is 494 g/mol. The van der Waals surface area contributed by atoms with E-state index < -0.39 is 17.6 Å². The number of rotatable bonds is 5. The summed E-state index contributed by atoms with van der Waals surface area (Å²) in [5.74, 6) is -1.15. The van der Waals surface area contributed by atoms with Crippen molar-refractivity contribution in [3.8, 4) is 5.75 Å². The molecule has 2 aliphatic rings. The van der Waals surface area contributed by atoms with E-state index >= 15 is 4.39 Å². The molecule has 0 unspecified atom stereocenters. The van der Waals surface area contributed by atoms with Crippen LogP contribution in [0, 0.1) is 5.82 Å². The highest BCUT2D eigenvalue weighted by molar-refractivity contribution is 7.80. The molecule has 8 heteroatoms. The lowest BCUT2D eigenvalue weighted by Crippen LogP contribution is -2.54. The van der Waals surface area contributed by atoms with Gasteiger partial charge in [0, 0.05) is 23.4 Å². The summed E-state index contributed by atoms with van der Waals surface area (Å²) in [6, 6.07) is 9.96. The molecule has 0 aliphatic carbocycles. The van der Waals surface area contributed by atoms with Crippen molar-refractivity contribution in [2.45, 2.75) is 40.2 Å². The maximum absolute atomic E-state index is 15.3. The molecule has 2 aromatic carbocycles. The van der Waals surface area contributed by atoms with Gasteiger partial charge in [0.2, 0.25) is 0 Å². The third-order valence-electron chi connectivity index (χ3n) is 6.22. The second-order valence-electron chi connectivity index (χ2n) is 9.00. The van der Waals surface area contributed by atoms with Crippen molar-refractivity contribution in [2.75, 3.05) is 23.0 Å². The van der Waals surface area contributed by atoms with Gasteiger partial charge in [0.05, 0.1) is 17.8 Å². The number of anilines is 2.